The van der Waals surface area contributed by atoms with E-state index in [9.17, 15) is 4.39 Å². The largest absolute Gasteiger partial charge is 0.316 e. The highest BCUT2D eigenvalue weighted by molar-refractivity contribution is 6.30. The second-order valence-corrected chi connectivity index (χ2v) is 4.88. The van der Waals surface area contributed by atoms with Gasteiger partial charge in [0, 0.05) is 18.4 Å². The molecular weight excluding hydrogens is 263 g/mol. The van der Waals surface area contributed by atoms with Gasteiger partial charge in [0.2, 0.25) is 0 Å². The van der Waals surface area contributed by atoms with Gasteiger partial charge in [-0.3, -0.25) is 4.98 Å². The first-order chi connectivity index (χ1) is 9.20. The Morgan fingerprint density at radius 1 is 1.26 bits per heavy atom. The Labute approximate surface area is 117 Å². The summed E-state index contributed by atoms with van der Waals surface area (Å²) in [5.74, 6) is -0.324. The van der Waals surface area contributed by atoms with Crippen LogP contribution in [-0.2, 0) is 12.8 Å². The summed E-state index contributed by atoms with van der Waals surface area (Å²) in [5.41, 5.74) is 1.76. The first-order valence-corrected chi connectivity index (χ1v) is 6.57. The van der Waals surface area contributed by atoms with Gasteiger partial charge in [0.05, 0.1) is 5.02 Å². The van der Waals surface area contributed by atoms with Crippen LogP contribution in [0.5, 0.6) is 0 Å². The van der Waals surface area contributed by atoms with Crippen molar-refractivity contribution in [2.24, 2.45) is 0 Å². The smallest absolute Gasteiger partial charge is 0.145 e. The molecule has 19 heavy (non-hydrogen) atoms. The van der Waals surface area contributed by atoms with Gasteiger partial charge >= 0.3 is 0 Å². The van der Waals surface area contributed by atoms with E-state index in [0.29, 0.717) is 12.0 Å². The third kappa shape index (κ3) is 3.75. The van der Waals surface area contributed by atoms with Crippen molar-refractivity contribution in [3.05, 3.63) is 64.7 Å². The zero-order valence-electron chi connectivity index (χ0n) is 10.7. The summed E-state index contributed by atoms with van der Waals surface area (Å²) >= 11 is 5.80. The van der Waals surface area contributed by atoms with E-state index in [0.717, 1.165) is 12.0 Å². The van der Waals surface area contributed by atoms with Gasteiger partial charge in [0.15, 0.2) is 0 Å². The maximum atomic E-state index is 13.9. The second kappa shape index (κ2) is 6.64. The monoisotopic (exact) mass is 278 g/mol. The van der Waals surface area contributed by atoms with Crippen molar-refractivity contribution in [3.8, 4) is 0 Å². The predicted octanol–water partition coefficient (Wildman–Crippen LogP) is 3.25. The number of nitrogens with zero attached hydrogens (tertiary/aromatic N) is 1. The topological polar surface area (TPSA) is 24.9 Å². The van der Waals surface area contributed by atoms with E-state index in [2.05, 4.69) is 10.3 Å². The van der Waals surface area contributed by atoms with Crippen LogP contribution in [0.15, 0.2) is 42.7 Å². The zero-order chi connectivity index (χ0) is 13.7. The van der Waals surface area contributed by atoms with Crippen molar-refractivity contribution in [2.75, 3.05) is 7.05 Å². The number of rotatable bonds is 5. The van der Waals surface area contributed by atoms with Crippen LogP contribution in [-0.4, -0.2) is 18.1 Å². The lowest BCUT2D eigenvalue weighted by molar-refractivity contribution is 0.532. The zero-order valence-corrected chi connectivity index (χ0v) is 11.5. The number of pyridine rings is 1. The lowest BCUT2D eigenvalue weighted by Gasteiger charge is -2.16. The fraction of sp³-hybridized carbons (Fsp3) is 0.267. The summed E-state index contributed by atoms with van der Waals surface area (Å²) in [6, 6.07) is 9.19. The standard InChI is InChI=1S/C15H16ClFN2/c1-18-13(8-11-4-3-7-19-10-11)9-12-5-2-6-14(16)15(12)17/h2-7,10,13,18H,8-9H2,1H3. The average Bonchev–Trinajstić information content (AvgIpc) is 2.44. The molecule has 4 heteroatoms. The molecule has 1 aromatic carbocycles. The van der Waals surface area contributed by atoms with E-state index in [1.165, 1.54) is 0 Å². The van der Waals surface area contributed by atoms with Gasteiger partial charge in [-0.1, -0.05) is 29.8 Å². The van der Waals surface area contributed by atoms with Gasteiger partial charge < -0.3 is 5.32 Å². The van der Waals surface area contributed by atoms with Crippen LogP contribution in [0, 0.1) is 5.82 Å². The Morgan fingerprint density at radius 2 is 2.11 bits per heavy atom. The third-order valence-electron chi connectivity index (χ3n) is 3.11. The fourth-order valence-corrected chi connectivity index (χ4v) is 2.25. The van der Waals surface area contributed by atoms with Gasteiger partial charge in [-0.2, -0.15) is 0 Å². The first kappa shape index (κ1) is 14.0. The van der Waals surface area contributed by atoms with Gasteiger partial charge in [-0.15, -0.1) is 0 Å². The van der Waals surface area contributed by atoms with Gasteiger partial charge in [-0.25, -0.2) is 4.39 Å². The van der Waals surface area contributed by atoms with E-state index in [1.54, 1.807) is 24.4 Å². The Morgan fingerprint density at radius 3 is 2.79 bits per heavy atom. The number of halogens is 2. The van der Waals surface area contributed by atoms with Crippen molar-refractivity contribution in [3.63, 3.8) is 0 Å². The molecule has 0 aliphatic carbocycles. The summed E-state index contributed by atoms with van der Waals surface area (Å²) in [7, 11) is 1.88. The maximum absolute atomic E-state index is 13.9. The molecule has 1 aromatic heterocycles. The molecule has 2 nitrogen and oxygen atoms in total. The van der Waals surface area contributed by atoms with Gasteiger partial charge in [-0.05, 0) is 43.1 Å². The number of likely N-dealkylation sites (N-methyl/N-ethyl adjacent to an activating group) is 1. The summed E-state index contributed by atoms with van der Waals surface area (Å²) in [6.07, 6.45) is 4.97. The lowest BCUT2D eigenvalue weighted by Crippen LogP contribution is -2.30. The molecule has 1 heterocycles. The molecule has 0 saturated heterocycles. The number of hydrogen-bond donors (Lipinski definition) is 1. The van der Waals surface area contributed by atoms with Crippen molar-refractivity contribution in [2.45, 2.75) is 18.9 Å². The third-order valence-corrected chi connectivity index (χ3v) is 3.40. The van der Waals surface area contributed by atoms with E-state index in [-0.39, 0.29) is 16.9 Å². The average molecular weight is 279 g/mol. The molecule has 0 aliphatic heterocycles. The van der Waals surface area contributed by atoms with Crippen LogP contribution in [0.4, 0.5) is 4.39 Å². The predicted molar refractivity (Wildman–Crippen MR) is 75.9 cm³/mol. The molecule has 0 spiro atoms. The quantitative estimate of drug-likeness (QED) is 0.908. The summed E-state index contributed by atoms with van der Waals surface area (Å²) in [6.45, 7) is 0. The molecule has 0 aliphatic rings. The number of hydrogen-bond acceptors (Lipinski definition) is 2. The molecule has 1 unspecified atom stereocenters. The lowest BCUT2D eigenvalue weighted by atomic mass is 10.00. The highest BCUT2D eigenvalue weighted by Crippen LogP contribution is 2.19. The fourth-order valence-electron chi connectivity index (χ4n) is 2.05. The van der Waals surface area contributed by atoms with Crippen molar-refractivity contribution in [1.29, 1.82) is 0 Å². The second-order valence-electron chi connectivity index (χ2n) is 4.47. The van der Waals surface area contributed by atoms with Crippen LogP contribution >= 0.6 is 11.6 Å². The maximum Gasteiger partial charge on any atom is 0.145 e. The SMILES string of the molecule is CNC(Cc1cccnc1)Cc1cccc(Cl)c1F. The van der Waals surface area contributed by atoms with E-state index < -0.39 is 0 Å². The molecule has 1 atom stereocenters. The van der Waals surface area contributed by atoms with Crippen LogP contribution < -0.4 is 5.32 Å². The van der Waals surface area contributed by atoms with Gasteiger partial charge in [0.1, 0.15) is 5.82 Å². The molecule has 1 N–H and O–H groups in total. The highest BCUT2D eigenvalue weighted by atomic mass is 35.5. The normalized spacial score (nSPS) is 12.4. The molecule has 100 valence electrons. The Hall–Kier alpha value is -1.45. The summed E-state index contributed by atoms with van der Waals surface area (Å²) in [5, 5.41) is 3.38. The molecule has 2 rings (SSSR count). The van der Waals surface area contributed by atoms with Crippen LogP contribution in [0.2, 0.25) is 5.02 Å². The Balaban J connectivity index is 2.09. The molecule has 2 aromatic rings. The van der Waals surface area contributed by atoms with Crippen molar-refractivity contribution < 1.29 is 4.39 Å². The Bertz CT molecular complexity index is 531. The number of benzene rings is 1. The van der Waals surface area contributed by atoms with Crippen LogP contribution in [0.3, 0.4) is 0 Å². The molecule has 0 bridgehead atoms. The van der Waals surface area contributed by atoms with Crippen LogP contribution in [0.1, 0.15) is 11.1 Å². The number of aromatic nitrogens is 1. The minimum absolute atomic E-state index is 0.150. The minimum Gasteiger partial charge on any atom is -0.316 e. The molecule has 0 amide bonds. The molecule has 0 fully saturated rings. The number of nitrogens with one attached hydrogen (secondary N) is 1. The van der Waals surface area contributed by atoms with Gasteiger partial charge in [0.25, 0.3) is 0 Å². The Kier molecular flexibility index (Phi) is 4.88. The van der Waals surface area contributed by atoms with Crippen molar-refractivity contribution >= 4 is 11.6 Å². The minimum atomic E-state index is -0.324. The molecule has 0 saturated carbocycles. The highest BCUT2D eigenvalue weighted by Gasteiger charge is 2.13. The van der Waals surface area contributed by atoms with E-state index in [4.69, 9.17) is 11.6 Å². The van der Waals surface area contributed by atoms with Crippen molar-refractivity contribution in [1.82, 2.24) is 10.3 Å². The molecular formula is C15H16ClFN2. The van der Waals surface area contributed by atoms with E-state index >= 15 is 0 Å². The summed E-state index contributed by atoms with van der Waals surface area (Å²) < 4.78 is 13.9. The van der Waals surface area contributed by atoms with E-state index in [1.807, 2.05) is 25.4 Å². The summed E-state index contributed by atoms with van der Waals surface area (Å²) in [4.78, 5) is 4.09. The van der Waals surface area contributed by atoms with Crippen LogP contribution in [0.25, 0.3) is 0 Å². The molecule has 0 radical (unpaired) electrons. The first-order valence-electron chi connectivity index (χ1n) is 6.19.